The standard InChI is InChI=1S/C18H21BrO/c1-4-18(2,3)15-10-8-13(9-11-15)17(20)14-6-5-7-16(19)12-14/h5-12,17,20H,4H2,1-3H3. The first-order valence-corrected chi connectivity index (χ1v) is 7.77. The van der Waals surface area contributed by atoms with Gasteiger partial charge in [0.1, 0.15) is 6.10 Å². The van der Waals surface area contributed by atoms with E-state index in [1.54, 1.807) is 0 Å². The van der Waals surface area contributed by atoms with Gasteiger partial charge in [0.2, 0.25) is 0 Å². The Morgan fingerprint density at radius 3 is 2.25 bits per heavy atom. The second-order valence-electron chi connectivity index (χ2n) is 5.82. The largest absolute Gasteiger partial charge is 0.384 e. The Kier molecular flexibility index (Phi) is 4.66. The molecule has 0 fully saturated rings. The zero-order valence-electron chi connectivity index (χ0n) is 12.2. The zero-order valence-corrected chi connectivity index (χ0v) is 13.8. The van der Waals surface area contributed by atoms with Crippen LogP contribution in [0.25, 0.3) is 0 Å². The van der Waals surface area contributed by atoms with Crippen LogP contribution in [-0.2, 0) is 5.41 Å². The zero-order chi connectivity index (χ0) is 14.8. The molecule has 0 radical (unpaired) electrons. The van der Waals surface area contributed by atoms with E-state index in [1.807, 2.05) is 36.4 Å². The lowest BCUT2D eigenvalue weighted by Gasteiger charge is -2.24. The topological polar surface area (TPSA) is 20.2 Å². The average Bonchev–Trinajstić information content (AvgIpc) is 2.46. The van der Waals surface area contributed by atoms with Crippen molar-refractivity contribution in [3.8, 4) is 0 Å². The van der Waals surface area contributed by atoms with Crippen molar-refractivity contribution < 1.29 is 5.11 Å². The molecular formula is C18H21BrO. The Bertz CT molecular complexity index is 572. The van der Waals surface area contributed by atoms with E-state index in [9.17, 15) is 5.11 Å². The molecule has 0 aliphatic rings. The van der Waals surface area contributed by atoms with E-state index in [0.29, 0.717) is 0 Å². The third-order valence-electron chi connectivity index (χ3n) is 4.06. The Labute approximate surface area is 129 Å². The predicted octanol–water partition coefficient (Wildman–Crippen LogP) is 5.22. The minimum absolute atomic E-state index is 0.180. The number of hydrogen-bond donors (Lipinski definition) is 1. The minimum Gasteiger partial charge on any atom is -0.384 e. The van der Waals surface area contributed by atoms with Crippen LogP contribution in [0.1, 0.15) is 50.0 Å². The molecule has 1 atom stereocenters. The highest BCUT2D eigenvalue weighted by Gasteiger charge is 2.18. The second-order valence-corrected chi connectivity index (χ2v) is 6.73. The summed E-state index contributed by atoms with van der Waals surface area (Å²) >= 11 is 3.44. The molecular weight excluding hydrogens is 312 g/mol. The molecule has 0 aliphatic carbocycles. The van der Waals surface area contributed by atoms with E-state index >= 15 is 0 Å². The molecule has 2 heteroatoms. The summed E-state index contributed by atoms with van der Waals surface area (Å²) in [5.41, 5.74) is 3.32. The van der Waals surface area contributed by atoms with Crippen LogP contribution in [0.2, 0.25) is 0 Å². The summed E-state index contributed by atoms with van der Waals surface area (Å²) in [7, 11) is 0. The Morgan fingerprint density at radius 2 is 1.70 bits per heavy atom. The lowest BCUT2D eigenvalue weighted by Crippen LogP contribution is -2.15. The van der Waals surface area contributed by atoms with Crippen molar-refractivity contribution in [3.63, 3.8) is 0 Å². The monoisotopic (exact) mass is 332 g/mol. The molecule has 0 saturated carbocycles. The summed E-state index contributed by atoms with van der Waals surface area (Å²) in [5.74, 6) is 0. The molecule has 0 saturated heterocycles. The quantitative estimate of drug-likeness (QED) is 0.813. The maximum Gasteiger partial charge on any atom is 0.104 e. The van der Waals surface area contributed by atoms with Crippen molar-refractivity contribution in [2.24, 2.45) is 0 Å². The van der Waals surface area contributed by atoms with Crippen LogP contribution in [0.4, 0.5) is 0 Å². The van der Waals surface area contributed by atoms with Crippen molar-refractivity contribution in [2.45, 2.75) is 38.7 Å². The highest BCUT2D eigenvalue weighted by Crippen LogP contribution is 2.29. The van der Waals surface area contributed by atoms with Crippen LogP contribution in [0.5, 0.6) is 0 Å². The van der Waals surface area contributed by atoms with Gasteiger partial charge in [-0.05, 0) is 40.7 Å². The molecule has 106 valence electrons. The highest BCUT2D eigenvalue weighted by molar-refractivity contribution is 9.10. The van der Waals surface area contributed by atoms with Crippen molar-refractivity contribution in [1.29, 1.82) is 0 Å². The minimum atomic E-state index is -0.578. The molecule has 1 unspecified atom stereocenters. The average molecular weight is 333 g/mol. The van der Waals surface area contributed by atoms with E-state index in [4.69, 9.17) is 0 Å². The lowest BCUT2D eigenvalue weighted by atomic mass is 9.82. The molecule has 0 spiro atoms. The van der Waals surface area contributed by atoms with Crippen LogP contribution in [-0.4, -0.2) is 5.11 Å². The number of hydrogen-bond acceptors (Lipinski definition) is 1. The summed E-state index contributed by atoms with van der Waals surface area (Å²) in [5, 5.41) is 10.4. The maximum absolute atomic E-state index is 10.4. The van der Waals surface area contributed by atoms with E-state index < -0.39 is 6.10 Å². The molecule has 0 amide bonds. The lowest BCUT2D eigenvalue weighted by molar-refractivity contribution is 0.220. The molecule has 0 aromatic heterocycles. The maximum atomic E-state index is 10.4. The van der Waals surface area contributed by atoms with Gasteiger partial charge in [0.05, 0.1) is 0 Å². The van der Waals surface area contributed by atoms with E-state index in [-0.39, 0.29) is 5.41 Å². The Morgan fingerprint density at radius 1 is 1.05 bits per heavy atom. The Hall–Kier alpha value is -1.12. The van der Waals surface area contributed by atoms with Crippen LogP contribution >= 0.6 is 15.9 Å². The first-order valence-electron chi connectivity index (χ1n) is 6.98. The number of aliphatic hydroxyl groups excluding tert-OH is 1. The molecule has 0 aliphatic heterocycles. The summed E-state index contributed by atoms with van der Waals surface area (Å²) in [6, 6.07) is 16.1. The molecule has 0 heterocycles. The van der Waals surface area contributed by atoms with E-state index in [1.165, 1.54) is 5.56 Å². The molecule has 2 aromatic carbocycles. The van der Waals surface area contributed by atoms with Gasteiger partial charge in [-0.25, -0.2) is 0 Å². The highest BCUT2D eigenvalue weighted by atomic mass is 79.9. The molecule has 20 heavy (non-hydrogen) atoms. The van der Waals surface area contributed by atoms with Gasteiger partial charge in [0.25, 0.3) is 0 Å². The molecule has 2 aromatic rings. The van der Waals surface area contributed by atoms with Crippen LogP contribution in [0.3, 0.4) is 0 Å². The summed E-state index contributed by atoms with van der Waals surface area (Å²) < 4.78 is 0.984. The molecule has 1 nitrogen and oxygen atoms in total. The smallest absolute Gasteiger partial charge is 0.104 e. The molecule has 1 N–H and O–H groups in total. The van der Waals surface area contributed by atoms with Gasteiger partial charge in [0.15, 0.2) is 0 Å². The van der Waals surface area contributed by atoms with Crippen molar-refractivity contribution in [1.82, 2.24) is 0 Å². The fourth-order valence-electron chi connectivity index (χ4n) is 2.19. The Balaban J connectivity index is 2.26. The first kappa shape index (κ1) is 15.3. The number of aliphatic hydroxyl groups is 1. The van der Waals surface area contributed by atoms with Crippen molar-refractivity contribution in [2.75, 3.05) is 0 Å². The van der Waals surface area contributed by atoms with Crippen LogP contribution in [0.15, 0.2) is 53.0 Å². The van der Waals surface area contributed by atoms with Gasteiger partial charge in [-0.2, -0.15) is 0 Å². The van der Waals surface area contributed by atoms with E-state index in [2.05, 4.69) is 48.8 Å². The van der Waals surface area contributed by atoms with Crippen LogP contribution in [0, 0.1) is 0 Å². The molecule has 0 bridgehead atoms. The van der Waals surface area contributed by atoms with Crippen molar-refractivity contribution >= 4 is 15.9 Å². The number of benzene rings is 2. The van der Waals surface area contributed by atoms with E-state index in [0.717, 1.165) is 22.0 Å². The van der Waals surface area contributed by atoms with Gasteiger partial charge in [-0.1, -0.05) is 73.1 Å². The predicted molar refractivity (Wildman–Crippen MR) is 88.0 cm³/mol. The van der Waals surface area contributed by atoms with Gasteiger partial charge >= 0.3 is 0 Å². The fraction of sp³-hybridized carbons (Fsp3) is 0.333. The normalized spacial score (nSPS) is 13.2. The van der Waals surface area contributed by atoms with Gasteiger partial charge in [-0.3, -0.25) is 0 Å². The fourth-order valence-corrected chi connectivity index (χ4v) is 2.61. The second kappa shape index (κ2) is 6.11. The first-order chi connectivity index (χ1) is 9.44. The van der Waals surface area contributed by atoms with Gasteiger partial charge < -0.3 is 5.11 Å². The summed E-state index contributed by atoms with van der Waals surface area (Å²) in [6.45, 7) is 6.68. The molecule has 2 rings (SSSR count). The third kappa shape index (κ3) is 3.31. The van der Waals surface area contributed by atoms with Crippen molar-refractivity contribution in [3.05, 3.63) is 69.7 Å². The van der Waals surface area contributed by atoms with Gasteiger partial charge in [0, 0.05) is 4.47 Å². The van der Waals surface area contributed by atoms with Gasteiger partial charge in [-0.15, -0.1) is 0 Å². The summed E-state index contributed by atoms with van der Waals surface area (Å²) in [6.07, 6.45) is 0.520. The van der Waals surface area contributed by atoms with Crippen LogP contribution < -0.4 is 0 Å². The number of rotatable bonds is 4. The third-order valence-corrected chi connectivity index (χ3v) is 4.55. The summed E-state index contributed by atoms with van der Waals surface area (Å²) in [4.78, 5) is 0. The SMILES string of the molecule is CCC(C)(C)c1ccc(C(O)c2cccc(Br)c2)cc1. The number of halogens is 1.